The van der Waals surface area contributed by atoms with Crippen molar-refractivity contribution in [2.24, 2.45) is 0 Å². The minimum atomic E-state index is -4.67. The Labute approximate surface area is 127 Å². The van der Waals surface area contributed by atoms with Crippen LogP contribution in [0.1, 0.15) is 26.3 Å². The number of hydrogen-bond donors (Lipinski definition) is 3. The van der Waals surface area contributed by atoms with Gasteiger partial charge in [-0.2, -0.15) is 8.42 Å². The van der Waals surface area contributed by atoms with E-state index in [0.717, 1.165) is 0 Å². The highest BCUT2D eigenvalue weighted by atomic mass is 35.5. The van der Waals surface area contributed by atoms with E-state index in [2.05, 4.69) is 0 Å². The van der Waals surface area contributed by atoms with Crippen molar-refractivity contribution in [3.05, 3.63) is 31.8 Å². The molecule has 20 heavy (non-hydrogen) atoms. The molecule has 1 aromatic carbocycles. The number of aromatic carboxylic acids is 2. The Morgan fingerprint density at radius 2 is 1.30 bits per heavy atom. The van der Waals surface area contributed by atoms with Gasteiger partial charge >= 0.3 is 11.9 Å². The molecule has 0 spiro atoms. The van der Waals surface area contributed by atoms with Gasteiger partial charge in [-0.05, 0) is 0 Å². The molecule has 0 amide bonds. The van der Waals surface area contributed by atoms with Gasteiger partial charge in [0.25, 0.3) is 10.1 Å². The third kappa shape index (κ3) is 3.33. The summed E-state index contributed by atoms with van der Waals surface area (Å²) in [5, 5.41) is 15.9. The molecule has 0 fully saturated rings. The number of rotatable bonds is 4. The zero-order valence-corrected chi connectivity index (χ0v) is 12.3. The minimum Gasteiger partial charge on any atom is -0.478 e. The maximum Gasteiger partial charge on any atom is 0.338 e. The summed E-state index contributed by atoms with van der Waals surface area (Å²) in [5.74, 6) is -4.52. The van der Waals surface area contributed by atoms with Crippen LogP contribution in [0.15, 0.2) is 0 Å². The van der Waals surface area contributed by atoms with Crippen LogP contribution in [0.4, 0.5) is 0 Å². The largest absolute Gasteiger partial charge is 0.478 e. The number of hydrogen-bond acceptors (Lipinski definition) is 4. The summed E-state index contributed by atoms with van der Waals surface area (Å²) in [7, 11) is -4.67. The van der Waals surface area contributed by atoms with Gasteiger partial charge in [0.2, 0.25) is 0 Å². The minimum absolute atomic E-state index is 0.638. The average Bonchev–Trinajstić information content (AvgIpc) is 2.23. The monoisotopic (exact) mass is 362 g/mol. The Kier molecular flexibility index (Phi) is 4.88. The molecule has 0 radical (unpaired) electrons. The van der Waals surface area contributed by atoms with Crippen LogP contribution < -0.4 is 0 Å². The second-order valence-corrected chi connectivity index (χ2v) is 6.09. The molecule has 0 aliphatic carbocycles. The van der Waals surface area contributed by atoms with Crippen molar-refractivity contribution in [3.63, 3.8) is 0 Å². The van der Waals surface area contributed by atoms with Gasteiger partial charge in [-0.1, -0.05) is 34.8 Å². The first-order valence-corrected chi connectivity index (χ1v) is 7.32. The number of halogens is 3. The van der Waals surface area contributed by atoms with E-state index in [1.807, 2.05) is 0 Å². The predicted octanol–water partition coefficient (Wildman–Crippen LogP) is 2.43. The van der Waals surface area contributed by atoms with Gasteiger partial charge in [0.05, 0.1) is 26.2 Å². The van der Waals surface area contributed by atoms with Gasteiger partial charge in [0.1, 0.15) is 5.75 Å². The fraction of sp³-hybridized carbons (Fsp3) is 0.111. The Bertz CT molecular complexity index is 711. The Balaban J connectivity index is 3.87. The van der Waals surface area contributed by atoms with Crippen LogP contribution in [-0.4, -0.2) is 35.1 Å². The average molecular weight is 364 g/mol. The van der Waals surface area contributed by atoms with Gasteiger partial charge < -0.3 is 10.2 Å². The lowest BCUT2D eigenvalue weighted by molar-refractivity contribution is 0.0680. The molecule has 0 bridgehead atoms. The van der Waals surface area contributed by atoms with Crippen LogP contribution in [0.3, 0.4) is 0 Å². The zero-order chi connectivity index (χ0) is 15.8. The highest BCUT2D eigenvalue weighted by Gasteiger charge is 2.30. The molecule has 0 aliphatic rings. The molecule has 1 rings (SSSR count). The Hall–Kier alpha value is -1.06. The summed E-state index contributed by atoms with van der Waals surface area (Å²) in [6.45, 7) is 0. The van der Waals surface area contributed by atoms with E-state index in [1.165, 1.54) is 0 Å². The first-order chi connectivity index (χ1) is 8.97. The van der Waals surface area contributed by atoms with Gasteiger partial charge in [-0.3, -0.25) is 4.55 Å². The van der Waals surface area contributed by atoms with Crippen LogP contribution in [0, 0.1) is 0 Å². The fourth-order valence-electron chi connectivity index (χ4n) is 1.44. The summed E-state index contributed by atoms with van der Waals surface area (Å²) in [6, 6.07) is 0. The van der Waals surface area contributed by atoms with Crippen molar-refractivity contribution in [2.75, 3.05) is 0 Å². The van der Waals surface area contributed by atoms with Crippen molar-refractivity contribution in [1.29, 1.82) is 0 Å². The second-order valence-electron chi connectivity index (χ2n) is 3.51. The van der Waals surface area contributed by atoms with Crippen molar-refractivity contribution in [1.82, 2.24) is 0 Å². The molecule has 110 valence electrons. The highest BCUT2D eigenvalue weighted by Crippen LogP contribution is 2.39. The van der Waals surface area contributed by atoms with E-state index in [9.17, 15) is 18.0 Å². The third-order valence-electron chi connectivity index (χ3n) is 2.17. The van der Waals surface area contributed by atoms with Gasteiger partial charge in [-0.25, -0.2) is 9.59 Å². The third-order valence-corrected chi connectivity index (χ3v) is 4.10. The van der Waals surface area contributed by atoms with E-state index < -0.39 is 59.6 Å². The Morgan fingerprint density at radius 3 is 1.65 bits per heavy atom. The number of benzene rings is 1. The van der Waals surface area contributed by atoms with Gasteiger partial charge in [0, 0.05) is 5.56 Å². The molecule has 0 unspecified atom stereocenters. The van der Waals surface area contributed by atoms with Crippen LogP contribution >= 0.6 is 34.8 Å². The quantitative estimate of drug-likeness (QED) is 0.553. The molecule has 7 nitrogen and oxygen atoms in total. The molecule has 0 heterocycles. The topological polar surface area (TPSA) is 129 Å². The molecule has 0 saturated carbocycles. The smallest absolute Gasteiger partial charge is 0.338 e. The SMILES string of the molecule is O=C(O)c1c(Cl)c(Cl)c(C(=O)O)c(CS(=O)(=O)O)c1Cl. The molecule has 3 N–H and O–H groups in total. The molecule has 1 aromatic rings. The van der Waals surface area contributed by atoms with Gasteiger partial charge in [0.15, 0.2) is 0 Å². The second kappa shape index (κ2) is 5.74. The number of carboxylic acids is 2. The summed E-state index contributed by atoms with van der Waals surface area (Å²) in [5.41, 5.74) is -2.19. The zero-order valence-electron chi connectivity index (χ0n) is 9.22. The van der Waals surface area contributed by atoms with Crippen molar-refractivity contribution in [2.45, 2.75) is 5.75 Å². The molecular weight excluding hydrogens is 359 g/mol. The predicted molar refractivity (Wildman–Crippen MR) is 70.6 cm³/mol. The van der Waals surface area contributed by atoms with Crippen LogP contribution in [0.5, 0.6) is 0 Å². The van der Waals surface area contributed by atoms with Crippen LogP contribution in [0.25, 0.3) is 0 Å². The van der Waals surface area contributed by atoms with E-state index in [-0.39, 0.29) is 0 Å². The lowest BCUT2D eigenvalue weighted by atomic mass is 10.0. The first-order valence-electron chi connectivity index (χ1n) is 4.58. The lowest BCUT2D eigenvalue weighted by Crippen LogP contribution is -2.13. The van der Waals surface area contributed by atoms with E-state index in [4.69, 9.17) is 49.6 Å². The number of carboxylic acid groups (broad SMARTS) is 2. The summed E-state index contributed by atoms with van der Waals surface area (Å²) in [6.07, 6.45) is 0. The fourth-order valence-corrected chi connectivity index (χ4v) is 3.11. The summed E-state index contributed by atoms with van der Waals surface area (Å²) in [4.78, 5) is 22.1. The normalized spacial score (nSPS) is 11.4. The highest BCUT2D eigenvalue weighted by molar-refractivity contribution is 7.85. The van der Waals surface area contributed by atoms with Crippen molar-refractivity contribution < 1.29 is 32.8 Å². The van der Waals surface area contributed by atoms with Crippen molar-refractivity contribution in [3.8, 4) is 0 Å². The molecule has 0 aromatic heterocycles. The lowest BCUT2D eigenvalue weighted by Gasteiger charge is -2.13. The molecular formula is C9H5Cl3O7S. The van der Waals surface area contributed by atoms with Crippen LogP contribution in [-0.2, 0) is 15.9 Å². The summed E-state index contributed by atoms with van der Waals surface area (Å²) < 4.78 is 30.6. The van der Waals surface area contributed by atoms with E-state index in [1.54, 1.807) is 0 Å². The molecule has 0 atom stereocenters. The van der Waals surface area contributed by atoms with Crippen LogP contribution in [0.2, 0.25) is 15.1 Å². The first kappa shape index (κ1) is 17.0. The standard InChI is InChI=1S/C9H5Cl3O7S/c10-5-2(1-20(17,18)19)3(8(13)14)6(11)7(12)4(5)9(15)16/h1H2,(H,13,14)(H,15,16)(H,17,18,19). The van der Waals surface area contributed by atoms with E-state index >= 15 is 0 Å². The van der Waals surface area contributed by atoms with E-state index in [0.29, 0.717) is 0 Å². The molecule has 11 heteroatoms. The number of carbonyl (C=O) groups is 2. The van der Waals surface area contributed by atoms with Gasteiger partial charge in [-0.15, -0.1) is 0 Å². The maximum atomic E-state index is 11.1. The molecule has 0 saturated heterocycles. The summed E-state index contributed by atoms with van der Waals surface area (Å²) >= 11 is 16.9. The molecule has 0 aliphatic heterocycles. The maximum absolute atomic E-state index is 11.1. The van der Waals surface area contributed by atoms with Crippen molar-refractivity contribution >= 4 is 56.9 Å². The Morgan fingerprint density at radius 1 is 0.900 bits per heavy atom.